The third-order valence-corrected chi connectivity index (χ3v) is 6.69. The maximum Gasteiger partial charge on any atom is 0.425 e. The predicted octanol–water partition coefficient (Wildman–Crippen LogP) is 4.38. The summed E-state index contributed by atoms with van der Waals surface area (Å²) in [5, 5.41) is 13.2. The quantitative estimate of drug-likeness (QED) is 0.263. The number of aromatic nitrogens is 4. The molecule has 4 aromatic rings. The zero-order valence-corrected chi connectivity index (χ0v) is 23.1. The average Bonchev–Trinajstić information content (AvgIpc) is 3.22. The number of halogens is 5. The molecule has 0 aliphatic rings. The van der Waals surface area contributed by atoms with E-state index in [9.17, 15) is 35.9 Å². The lowest BCUT2D eigenvalue weighted by Gasteiger charge is -2.20. The molecule has 2 aromatic carbocycles. The number of aliphatic hydroxyl groups excluding tert-OH is 1. The zero-order chi connectivity index (χ0) is 30.3. The molecule has 4 rings (SSSR count). The van der Waals surface area contributed by atoms with Gasteiger partial charge in [0, 0.05) is 18.8 Å². The van der Waals surface area contributed by atoms with Gasteiger partial charge in [-0.15, -0.1) is 5.10 Å². The summed E-state index contributed by atoms with van der Waals surface area (Å²) < 4.78 is 93.7. The normalized spacial score (nSPS) is 12.9. The van der Waals surface area contributed by atoms with Gasteiger partial charge in [-0.1, -0.05) is 11.6 Å². The molecular formula is C24H22ClF4N5O6S. The number of sulfonamides is 1. The van der Waals surface area contributed by atoms with Crippen molar-refractivity contribution in [2.24, 2.45) is 0 Å². The van der Waals surface area contributed by atoms with E-state index in [0.29, 0.717) is 0 Å². The standard InChI is InChI=1S/C24H22ClF4N5O6S/c1-4-33-18(11-35)31-34(23(33)36)14-9-13-7-8-30-22(19(13)17(10-14)39-12(2)24(27,28)29)40-21-15(26)5-6-16(20(21)25)32-41(3,37)38/h5-10,12,32,35H,4,11H2,1-3H3. The van der Waals surface area contributed by atoms with E-state index in [2.05, 4.69) is 14.8 Å². The van der Waals surface area contributed by atoms with Crippen LogP contribution in [0.3, 0.4) is 0 Å². The second kappa shape index (κ2) is 11.2. The summed E-state index contributed by atoms with van der Waals surface area (Å²) in [5.74, 6) is -2.54. The Morgan fingerprint density at radius 1 is 1.22 bits per heavy atom. The molecule has 0 bridgehead atoms. The SMILES string of the molecule is CCn1c(CO)nn(-c2cc(OC(C)C(F)(F)F)c3c(Oc4c(F)ccc(NS(C)(=O)=O)c4Cl)nccc3c2)c1=O. The van der Waals surface area contributed by atoms with Crippen LogP contribution < -0.4 is 19.9 Å². The smallest absolute Gasteiger partial charge is 0.425 e. The summed E-state index contributed by atoms with van der Waals surface area (Å²) in [4.78, 5) is 16.9. The molecule has 41 heavy (non-hydrogen) atoms. The number of ether oxygens (including phenoxy) is 2. The molecule has 220 valence electrons. The van der Waals surface area contributed by atoms with Crippen molar-refractivity contribution in [3.05, 3.63) is 63.7 Å². The number of hydrogen-bond donors (Lipinski definition) is 2. The second-order valence-electron chi connectivity index (χ2n) is 8.69. The van der Waals surface area contributed by atoms with Crippen LogP contribution >= 0.6 is 11.6 Å². The van der Waals surface area contributed by atoms with E-state index in [1.165, 1.54) is 22.9 Å². The van der Waals surface area contributed by atoms with E-state index < -0.39 is 62.8 Å². The minimum atomic E-state index is -4.79. The molecule has 0 radical (unpaired) electrons. The van der Waals surface area contributed by atoms with Gasteiger partial charge in [0.05, 0.1) is 23.0 Å². The first kappa shape index (κ1) is 30.1. The first-order valence-corrected chi connectivity index (χ1v) is 14.0. The van der Waals surface area contributed by atoms with Gasteiger partial charge in [-0.2, -0.15) is 17.9 Å². The molecule has 0 aliphatic carbocycles. The van der Waals surface area contributed by atoms with Crippen LogP contribution in [0.15, 0.2) is 41.3 Å². The zero-order valence-electron chi connectivity index (χ0n) is 21.5. The monoisotopic (exact) mass is 619 g/mol. The Bertz CT molecular complexity index is 1790. The number of alkyl halides is 3. The van der Waals surface area contributed by atoms with Gasteiger partial charge in [0.2, 0.25) is 15.9 Å². The molecule has 11 nitrogen and oxygen atoms in total. The molecule has 0 spiro atoms. The largest absolute Gasteiger partial charge is 0.480 e. The van der Waals surface area contributed by atoms with Crippen molar-refractivity contribution in [3.8, 4) is 23.1 Å². The number of pyridine rings is 1. The first-order chi connectivity index (χ1) is 19.1. The van der Waals surface area contributed by atoms with Crippen molar-refractivity contribution in [3.63, 3.8) is 0 Å². The Morgan fingerprint density at radius 2 is 1.93 bits per heavy atom. The van der Waals surface area contributed by atoms with Gasteiger partial charge in [0.15, 0.2) is 23.5 Å². The lowest BCUT2D eigenvalue weighted by Crippen LogP contribution is -2.31. The summed E-state index contributed by atoms with van der Waals surface area (Å²) in [6, 6.07) is 5.78. The molecule has 2 heterocycles. The second-order valence-corrected chi connectivity index (χ2v) is 10.8. The summed E-state index contributed by atoms with van der Waals surface area (Å²) >= 11 is 6.20. The number of rotatable bonds is 9. The number of aliphatic hydroxyl groups is 1. The fourth-order valence-electron chi connectivity index (χ4n) is 3.82. The van der Waals surface area contributed by atoms with Crippen LogP contribution in [0.2, 0.25) is 5.02 Å². The lowest BCUT2D eigenvalue weighted by atomic mass is 10.1. The number of nitrogens with one attached hydrogen (secondary N) is 1. The number of fused-ring (bicyclic) bond motifs is 1. The van der Waals surface area contributed by atoms with E-state index >= 15 is 0 Å². The fourth-order valence-corrected chi connectivity index (χ4v) is 4.69. The molecule has 2 N–H and O–H groups in total. The number of benzene rings is 2. The van der Waals surface area contributed by atoms with Gasteiger partial charge in [0.25, 0.3) is 0 Å². The maximum atomic E-state index is 14.8. The summed E-state index contributed by atoms with van der Waals surface area (Å²) in [7, 11) is -3.82. The van der Waals surface area contributed by atoms with Crippen molar-refractivity contribution in [2.75, 3.05) is 11.0 Å². The van der Waals surface area contributed by atoms with Gasteiger partial charge in [-0.3, -0.25) is 9.29 Å². The third kappa shape index (κ3) is 6.23. The molecule has 2 aromatic heterocycles. The van der Waals surface area contributed by atoms with Crippen LogP contribution in [-0.4, -0.2) is 51.4 Å². The van der Waals surface area contributed by atoms with E-state index in [1.807, 2.05) is 0 Å². The van der Waals surface area contributed by atoms with Crippen molar-refractivity contribution < 1.29 is 40.6 Å². The Kier molecular flexibility index (Phi) is 8.20. The minimum absolute atomic E-state index is 0.00510. The van der Waals surface area contributed by atoms with Crippen LogP contribution in [-0.2, 0) is 23.2 Å². The fraction of sp³-hybridized carbons (Fsp3) is 0.292. The van der Waals surface area contributed by atoms with Crippen LogP contribution in [0.25, 0.3) is 16.5 Å². The lowest BCUT2D eigenvalue weighted by molar-refractivity contribution is -0.189. The van der Waals surface area contributed by atoms with Crippen molar-refractivity contribution in [1.82, 2.24) is 19.3 Å². The molecule has 0 amide bonds. The first-order valence-electron chi connectivity index (χ1n) is 11.7. The maximum absolute atomic E-state index is 14.8. The molecule has 0 fully saturated rings. The summed E-state index contributed by atoms with van der Waals surface area (Å²) in [6.45, 7) is 2.00. The highest BCUT2D eigenvalue weighted by atomic mass is 35.5. The van der Waals surface area contributed by atoms with E-state index in [0.717, 1.165) is 36.1 Å². The molecule has 0 aliphatic heterocycles. The minimum Gasteiger partial charge on any atom is -0.480 e. The highest BCUT2D eigenvalue weighted by Crippen LogP contribution is 2.42. The topological polar surface area (TPSA) is 138 Å². The van der Waals surface area contributed by atoms with Gasteiger partial charge < -0.3 is 14.6 Å². The summed E-state index contributed by atoms with van der Waals surface area (Å²) in [6.07, 6.45) is -5.08. The molecule has 17 heteroatoms. The Hall–Kier alpha value is -3.89. The van der Waals surface area contributed by atoms with Crippen LogP contribution in [0.4, 0.5) is 23.2 Å². The van der Waals surface area contributed by atoms with Gasteiger partial charge in [-0.05, 0) is 43.5 Å². The number of hydrogen-bond acceptors (Lipinski definition) is 8. The van der Waals surface area contributed by atoms with E-state index in [1.54, 1.807) is 6.92 Å². The molecule has 0 saturated heterocycles. The molecule has 1 atom stereocenters. The average molecular weight is 620 g/mol. The van der Waals surface area contributed by atoms with E-state index in [-0.39, 0.29) is 34.5 Å². The molecule has 1 unspecified atom stereocenters. The number of nitrogens with zero attached hydrogens (tertiary/aromatic N) is 4. The van der Waals surface area contributed by atoms with Gasteiger partial charge in [-0.25, -0.2) is 22.6 Å². The molecule has 0 saturated carbocycles. The Morgan fingerprint density at radius 3 is 2.51 bits per heavy atom. The van der Waals surface area contributed by atoms with E-state index in [4.69, 9.17) is 21.1 Å². The Balaban J connectivity index is 1.94. The number of anilines is 1. The predicted molar refractivity (Wildman–Crippen MR) is 141 cm³/mol. The molecular weight excluding hydrogens is 598 g/mol. The summed E-state index contributed by atoms with van der Waals surface area (Å²) in [5.41, 5.74) is -0.893. The van der Waals surface area contributed by atoms with Crippen molar-refractivity contribution >= 4 is 38.1 Å². The van der Waals surface area contributed by atoms with Crippen molar-refractivity contribution in [1.29, 1.82) is 0 Å². The van der Waals surface area contributed by atoms with Crippen molar-refractivity contribution in [2.45, 2.75) is 39.3 Å². The van der Waals surface area contributed by atoms with Crippen LogP contribution in [0, 0.1) is 5.82 Å². The third-order valence-electron chi connectivity index (χ3n) is 5.73. The highest BCUT2D eigenvalue weighted by molar-refractivity contribution is 7.92. The van der Waals surface area contributed by atoms with Crippen LogP contribution in [0.1, 0.15) is 19.7 Å². The Labute approximate surface area is 234 Å². The van der Waals surface area contributed by atoms with Crippen LogP contribution in [0.5, 0.6) is 17.4 Å². The highest BCUT2D eigenvalue weighted by Gasteiger charge is 2.38. The van der Waals surface area contributed by atoms with Gasteiger partial charge in [0.1, 0.15) is 17.4 Å². The van der Waals surface area contributed by atoms with Gasteiger partial charge >= 0.3 is 11.9 Å².